The standard InChI is InChI=1S/C9H9N/c10-8-7-9-5-3-1-2-4-6-9/h1-3,5-6H,4,7H2. The van der Waals surface area contributed by atoms with Crippen LogP contribution in [0.1, 0.15) is 12.8 Å². The van der Waals surface area contributed by atoms with E-state index in [1.165, 1.54) is 0 Å². The van der Waals surface area contributed by atoms with Crippen molar-refractivity contribution in [3.63, 3.8) is 0 Å². The molecule has 0 aromatic carbocycles. The molecule has 1 nitrogen and oxygen atoms in total. The minimum Gasteiger partial charge on any atom is -0.198 e. The van der Waals surface area contributed by atoms with Crippen molar-refractivity contribution in [1.29, 1.82) is 5.26 Å². The summed E-state index contributed by atoms with van der Waals surface area (Å²) in [6.07, 6.45) is 11.6. The van der Waals surface area contributed by atoms with Gasteiger partial charge in [0.25, 0.3) is 0 Å². The van der Waals surface area contributed by atoms with Gasteiger partial charge in [-0.05, 0) is 12.0 Å². The van der Waals surface area contributed by atoms with Crippen molar-refractivity contribution in [1.82, 2.24) is 0 Å². The maximum Gasteiger partial charge on any atom is 0.0669 e. The molecule has 0 N–H and O–H groups in total. The molecule has 0 fully saturated rings. The van der Waals surface area contributed by atoms with Gasteiger partial charge in [0, 0.05) is 0 Å². The minimum atomic E-state index is 0.526. The lowest BCUT2D eigenvalue weighted by Crippen LogP contribution is -1.73. The van der Waals surface area contributed by atoms with E-state index in [4.69, 9.17) is 5.26 Å². The zero-order valence-corrected chi connectivity index (χ0v) is 5.75. The second-order valence-corrected chi connectivity index (χ2v) is 2.14. The van der Waals surface area contributed by atoms with Gasteiger partial charge in [0.15, 0.2) is 0 Å². The highest BCUT2D eigenvalue weighted by Gasteiger charge is 1.90. The van der Waals surface area contributed by atoms with Gasteiger partial charge in [-0.3, -0.25) is 0 Å². The Kier molecular flexibility index (Phi) is 2.51. The van der Waals surface area contributed by atoms with Gasteiger partial charge in [-0.2, -0.15) is 5.26 Å². The van der Waals surface area contributed by atoms with Crippen LogP contribution in [0.25, 0.3) is 0 Å². The maximum absolute atomic E-state index is 8.37. The number of nitrogens with zero attached hydrogens (tertiary/aromatic N) is 1. The van der Waals surface area contributed by atoms with E-state index in [-0.39, 0.29) is 0 Å². The number of nitriles is 1. The van der Waals surface area contributed by atoms with Gasteiger partial charge in [0.1, 0.15) is 0 Å². The van der Waals surface area contributed by atoms with Crippen molar-refractivity contribution in [3.05, 3.63) is 36.0 Å². The zero-order valence-electron chi connectivity index (χ0n) is 5.75. The molecule has 0 unspecified atom stereocenters. The molecule has 1 heteroatoms. The van der Waals surface area contributed by atoms with Gasteiger partial charge < -0.3 is 0 Å². The van der Waals surface area contributed by atoms with E-state index in [9.17, 15) is 0 Å². The van der Waals surface area contributed by atoms with Crippen molar-refractivity contribution in [2.75, 3.05) is 0 Å². The van der Waals surface area contributed by atoms with E-state index in [0.717, 1.165) is 12.0 Å². The summed E-state index contributed by atoms with van der Waals surface area (Å²) >= 11 is 0. The fourth-order valence-corrected chi connectivity index (χ4v) is 0.846. The first-order valence-corrected chi connectivity index (χ1v) is 3.32. The Bertz CT molecular complexity index is 226. The number of hydrogen-bond acceptors (Lipinski definition) is 1. The topological polar surface area (TPSA) is 23.8 Å². The second-order valence-electron chi connectivity index (χ2n) is 2.14. The summed E-state index contributed by atoms with van der Waals surface area (Å²) in [6.45, 7) is 0. The van der Waals surface area contributed by atoms with Crippen molar-refractivity contribution in [3.8, 4) is 6.07 Å². The first-order valence-electron chi connectivity index (χ1n) is 3.32. The Hall–Kier alpha value is -1.29. The van der Waals surface area contributed by atoms with E-state index in [1.807, 2.05) is 18.2 Å². The van der Waals surface area contributed by atoms with Crippen LogP contribution in [0.2, 0.25) is 0 Å². The van der Waals surface area contributed by atoms with Crippen molar-refractivity contribution < 1.29 is 0 Å². The van der Waals surface area contributed by atoms with Crippen molar-refractivity contribution in [2.24, 2.45) is 0 Å². The quantitative estimate of drug-likeness (QED) is 0.535. The lowest BCUT2D eigenvalue weighted by atomic mass is 10.2. The molecular formula is C9H9N. The summed E-state index contributed by atoms with van der Waals surface area (Å²) in [6, 6.07) is 2.12. The SMILES string of the molecule is N#CCC1=CCC=CC=C1. The molecular weight excluding hydrogens is 122 g/mol. The third kappa shape index (κ3) is 1.91. The van der Waals surface area contributed by atoms with Crippen molar-refractivity contribution >= 4 is 0 Å². The van der Waals surface area contributed by atoms with Crippen LogP contribution >= 0.6 is 0 Å². The van der Waals surface area contributed by atoms with Crippen LogP contribution in [-0.2, 0) is 0 Å². The summed E-state index contributed by atoms with van der Waals surface area (Å²) in [5.74, 6) is 0. The Balaban J connectivity index is 2.61. The predicted molar refractivity (Wildman–Crippen MR) is 41.2 cm³/mol. The molecule has 1 aliphatic carbocycles. The molecule has 1 rings (SSSR count). The third-order valence-electron chi connectivity index (χ3n) is 1.36. The molecule has 0 aromatic heterocycles. The molecule has 0 heterocycles. The molecule has 0 aromatic rings. The summed E-state index contributed by atoms with van der Waals surface area (Å²) in [7, 11) is 0. The van der Waals surface area contributed by atoms with Gasteiger partial charge in [-0.1, -0.05) is 30.4 Å². The van der Waals surface area contributed by atoms with E-state index in [2.05, 4.69) is 18.2 Å². The fourth-order valence-electron chi connectivity index (χ4n) is 0.846. The number of hydrogen-bond donors (Lipinski definition) is 0. The van der Waals surface area contributed by atoms with Crippen LogP contribution in [0.5, 0.6) is 0 Å². The van der Waals surface area contributed by atoms with Gasteiger partial charge in [0.05, 0.1) is 12.5 Å². The number of rotatable bonds is 1. The normalized spacial score (nSPS) is 15.7. The van der Waals surface area contributed by atoms with E-state index in [0.29, 0.717) is 6.42 Å². The highest BCUT2D eigenvalue weighted by Crippen LogP contribution is 2.07. The molecule has 0 spiro atoms. The maximum atomic E-state index is 8.37. The Labute approximate surface area is 61.0 Å². The smallest absolute Gasteiger partial charge is 0.0669 e. The minimum absolute atomic E-state index is 0.526. The molecule has 0 bridgehead atoms. The first-order chi connectivity index (χ1) is 4.93. The average Bonchev–Trinajstić information content (AvgIpc) is 2.17. The van der Waals surface area contributed by atoms with Gasteiger partial charge >= 0.3 is 0 Å². The van der Waals surface area contributed by atoms with Gasteiger partial charge in [0.2, 0.25) is 0 Å². The summed E-state index contributed by atoms with van der Waals surface area (Å²) in [5, 5.41) is 8.37. The summed E-state index contributed by atoms with van der Waals surface area (Å²) in [4.78, 5) is 0. The zero-order chi connectivity index (χ0) is 7.23. The molecule has 0 saturated heterocycles. The van der Waals surface area contributed by atoms with Crippen LogP contribution in [0.3, 0.4) is 0 Å². The van der Waals surface area contributed by atoms with Gasteiger partial charge in [-0.25, -0.2) is 0 Å². The lowest BCUT2D eigenvalue weighted by Gasteiger charge is -1.89. The highest BCUT2D eigenvalue weighted by molar-refractivity contribution is 5.28. The van der Waals surface area contributed by atoms with Crippen LogP contribution in [0, 0.1) is 11.3 Å². The Morgan fingerprint density at radius 1 is 1.50 bits per heavy atom. The molecule has 1 aliphatic rings. The fraction of sp³-hybridized carbons (Fsp3) is 0.222. The molecule has 0 amide bonds. The van der Waals surface area contributed by atoms with E-state index < -0.39 is 0 Å². The van der Waals surface area contributed by atoms with E-state index in [1.54, 1.807) is 0 Å². The van der Waals surface area contributed by atoms with Crippen LogP contribution in [0.4, 0.5) is 0 Å². The Morgan fingerprint density at radius 3 is 3.20 bits per heavy atom. The summed E-state index contributed by atoms with van der Waals surface area (Å²) < 4.78 is 0. The lowest BCUT2D eigenvalue weighted by molar-refractivity contribution is 1.24. The Morgan fingerprint density at radius 2 is 2.40 bits per heavy atom. The second kappa shape index (κ2) is 3.68. The van der Waals surface area contributed by atoms with Crippen LogP contribution in [-0.4, -0.2) is 0 Å². The molecule has 0 aliphatic heterocycles. The molecule has 50 valence electrons. The highest BCUT2D eigenvalue weighted by atomic mass is 14.2. The van der Waals surface area contributed by atoms with Gasteiger partial charge in [-0.15, -0.1) is 0 Å². The van der Waals surface area contributed by atoms with Crippen LogP contribution in [0.15, 0.2) is 36.0 Å². The average molecular weight is 131 g/mol. The number of allylic oxidation sites excluding steroid dienone is 6. The largest absolute Gasteiger partial charge is 0.198 e. The summed E-state index contributed by atoms with van der Waals surface area (Å²) in [5.41, 5.74) is 1.12. The third-order valence-corrected chi connectivity index (χ3v) is 1.36. The van der Waals surface area contributed by atoms with Crippen molar-refractivity contribution in [2.45, 2.75) is 12.8 Å². The van der Waals surface area contributed by atoms with E-state index >= 15 is 0 Å². The molecule has 0 saturated carbocycles. The predicted octanol–water partition coefficient (Wildman–Crippen LogP) is 2.34. The molecule has 10 heavy (non-hydrogen) atoms. The molecule has 0 atom stereocenters. The van der Waals surface area contributed by atoms with Crippen LogP contribution < -0.4 is 0 Å². The molecule has 0 radical (unpaired) electrons. The monoisotopic (exact) mass is 131 g/mol. The first kappa shape index (κ1) is 6.82.